The number of carbonyl (C=O) groups is 1. The Bertz CT molecular complexity index is 821. The van der Waals surface area contributed by atoms with Crippen molar-refractivity contribution in [2.24, 2.45) is 0 Å². The Morgan fingerprint density at radius 3 is 2.86 bits per heavy atom. The first kappa shape index (κ1) is 13.1. The normalized spacial score (nSPS) is 11.1. The van der Waals surface area contributed by atoms with Crippen LogP contribution in [0.25, 0.3) is 16.6 Å². The van der Waals surface area contributed by atoms with E-state index in [1.807, 2.05) is 0 Å². The number of carboxylic acid groups (broad SMARTS) is 1. The molecular formula is C13H12N4O4. The Kier molecular flexibility index (Phi) is 3.07. The van der Waals surface area contributed by atoms with E-state index in [4.69, 9.17) is 10.2 Å². The van der Waals surface area contributed by atoms with E-state index in [1.54, 1.807) is 24.4 Å². The third-order valence-corrected chi connectivity index (χ3v) is 3.17. The third-order valence-electron chi connectivity index (χ3n) is 3.17. The molecule has 0 amide bonds. The molecule has 21 heavy (non-hydrogen) atoms. The van der Waals surface area contributed by atoms with Crippen LogP contribution in [0.5, 0.6) is 0 Å². The molecule has 0 spiro atoms. The number of fused-ring (bicyclic) bond motifs is 1. The molecule has 3 aromatic rings. The summed E-state index contributed by atoms with van der Waals surface area (Å²) < 4.78 is 2.12. The summed E-state index contributed by atoms with van der Waals surface area (Å²) in [4.78, 5) is 11.1. The fourth-order valence-corrected chi connectivity index (χ4v) is 2.20. The number of hydrogen-bond donors (Lipinski definition) is 3. The van der Waals surface area contributed by atoms with E-state index in [0.29, 0.717) is 33.4 Å². The Morgan fingerprint density at radius 1 is 1.33 bits per heavy atom. The van der Waals surface area contributed by atoms with E-state index in [0.717, 1.165) is 0 Å². The van der Waals surface area contributed by atoms with Crippen LogP contribution in [0.4, 0.5) is 0 Å². The fraction of sp³-hybridized carbons (Fsp3) is 0.154. The second-order valence-corrected chi connectivity index (χ2v) is 4.48. The number of benzene rings is 1. The van der Waals surface area contributed by atoms with Crippen LogP contribution in [0.2, 0.25) is 0 Å². The van der Waals surface area contributed by atoms with Gasteiger partial charge in [0, 0.05) is 18.4 Å². The average Bonchev–Trinajstić information content (AvgIpc) is 3.04. The van der Waals surface area contributed by atoms with Crippen LogP contribution in [0.3, 0.4) is 0 Å². The Morgan fingerprint density at radius 2 is 2.14 bits per heavy atom. The molecule has 8 nitrogen and oxygen atoms in total. The van der Waals surface area contributed by atoms with Gasteiger partial charge in [0.2, 0.25) is 0 Å². The SMILES string of the molecule is O=C(O)c1cc2c(-n3cc(CCO)nn3)cccc2n1O. The van der Waals surface area contributed by atoms with Crippen molar-refractivity contribution < 1.29 is 20.2 Å². The second-order valence-electron chi connectivity index (χ2n) is 4.48. The summed E-state index contributed by atoms with van der Waals surface area (Å²) in [6.45, 7) is -0.0287. The van der Waals surface area contributed by atoms with E-state index in [2.05, 4.69) is 10.3 Å². The van der Waals surface area contributed by atoms with Gasteiger partial charge in [0.05, 0.1) is 23.1 Å². The van der Waals surface area contributed by atoms with Gasteiger partial charge in [0.25, 0.3) is 0 Å². The summed E-state index contributed by atoms with van der Waals surface area (Å²) in [6, 6.07) is 6.41. The molecule has 0 fully saturated rings. The van der Waals surface area contributed by atoms with Crippen molar-refractivity contribution in [3.8, 4) is 5.69 Å². The molecule has 0 saturated carbocycles. The average molecular weight is 288 g/mol. The monoisotopic (exact) mass is 288 g/mol. The molecule has 2 heterocycles. The van der Waals surface area contributed by atoms with Crippen LogP contribution < -0.4 is 0 Å². The number of rotatable bonds is 4. The van der Waals surface area contributed by atoms with Crippen LogP contribution in [0, 0.1) is 0 Å². The summed E-state index contributed by atoms with van der Waals surface area (Å²) in [7, 11) is 0. The lowest BCUT2D eigenvalue weighted by Crippen LogP contribution is -2.04. The molecule has 0 bridgehead atoms. The molecular weight excluding hydrogens is 276 g/mol. The maximum Gasteiger partial charge on any atom is 0.356 e. The lowest BCUT2D eigenvalue weighted by atomic mass is 10.2. The number of aliphatic hydroxyl groups excluding tert-OH is 1. The van der Waals surface area contributed by atoms with Crippen LogP contribution in [0.1, 0.15) is 16.2 Å². The number of aliphatic hydroxyl groups is 1. The van der Waals surface area contributed by atoms with Gasteiger partial charge in [-0.3, -0.25) is 0 Å². The first-order valence-electron chi connectivity index (χ1n) is 6.21. The lowest BCUT2D eigenvalue weighted by molar-refractivity contribution is 0.0649. The van der Waals surface area contributed by atoms with Crippen molar-refractivity contribution in [1.29, 1.82) is 0 Å². The minimum Gasteiger partial charge on any atom is -0.476 e. The van der Waals surface area contributed by atoms with Gasteiger partial charge in [0.15, 0.2) is 5.69 Å². The van der Waals surface area contributed by atoms with Gasteiger partial charge in [-0.2, -0.15) is 4.73 Å². The van der Waals surface area contributed by atoms with Gasteiger partial charge in [-0.1, -0.05) is 11.3 Å². The molecule has 8 heteroatoms. The highest BCUT2D eigenvalue weighted by molar-refractivity contribution is 5.97. The van der Waals surface area contributed by atoms with Gasteiger partial charge in [0.1, 0.15) is 0 Å². The van der Waals surface area contributed by atoms with Crippen molar-refractivity contribution in [3.05, 3.63) is 41.9 Å². The highest BCUT2D eigenvalue weighted by Crippen LogP contribution is 2.25. The molecule has 3 N–H and O–H groups in total. The molecule has 0 aliphatic carbocycles. The zero-order chi connectivity index (χ0) is 15.0. The first-order valence-corrected chi connectivity index (χ1v) is 6.21. The van der Waals surface area contributed by atoms with Crippen molar-refractivity contribution in [2.45, 2.75) is 6.42 Å². The predicted octanol–water partition coefficient (Wildman–Crippen LogP) is 0.692. The fourth-order valence-electron chi connectivity index (χ4n) is 2.20. The molecule has 2 aromatic heterocycles. The molecule has 108 valence electrons. The predicted molar refractivity (Wildman–Crippen MR) is 71.8 cm³/mol. The van der Waals surface area contributed by atoms with Crippen molar-refractivity contribution in [1.82, 2.24) is 19.7 Å². The van der Waals surface area contributed by atoms with Gasteiger partial charge in [-0.25, -0.2) is 9.48 Å². The Labute approximate surface area is 118 Å². The maximum atomic E-state index is 11.1. The zero-order valence-electron chi connectivity index (χ0n) is 10.8. The van der Waals surface area contributed by atoms with Crippen LogP contribution in [-0.2, 0) is 6.42 Å². The third kappa shape index (κ3) is 2.11. The summed E-state index contributed by atoms with van der Waals surface area (Å²) in [5, 5.41) is 36.2. The number of aromatic carboxylic acids is 1. The van der Waals surface area contributed by atoms with Crippen LogP contribution in [0.15, 0.2) is 30.5 Å². The lowest BCUT2D eigenvalue weighted by Gasteiger charge is -2.02. The largest absolute Gasteiger partial charge is 0.476 e. The highest BCUT2D eigenvalue weighted by Gasteiger charge is 2.17. The van der Waals surface area contributed by atoms with E-state index < -0.39 is 5.97 Å². The molecule has 0 unspecified atom stereocenters. The molecule has 0 atom stereocenters. The van der Waals surface area contributed by atoms with Crippen molar-refractivity contribution in [3.63, 3.8) is 0 Å². The molecule has 0 aliphatic heterocycles. The molecule has 0 aliphatic rings. The zero-order valence-corrected chi connectivity index (χ0v) is 10.8. The highest BCUT2D eigenvalue weighted by atomic mass is 16.5. The van der Waals surface area contributed by atoms with E-state index >= 15 is 0 Å². The number of hydrogen-bond acceptors (Lipinski definition) is 5. The molecule has 1 aromatic carbocycles. The summed E-state index contributed by atoms with van der Waals surface area (Å²) in [5.74, 6) is -1.22. The minimum atomic E-state index is -1.22. The van der Waals surface area contributed by atoms with Gasteiger partial charge < -0.3 is 15.4 Å². The molecule has 3 rings (SSSR count). The van der Waals surface area contributed by atoms with Crippen molar-refractivity contribution in [2.75, 3.05) is 6.61 Å². The molecule has 0 radical (unpaired) electrons. The number of carboxylic acids is 1. The quantitative estimate of drug-likeness (QED) is 0.609. The standard InChI is InChI=1S/C13H12N4O4/c18-5-4-8-7-16(15-14-8)10-2-1-3-11-9(10)6-12(13(19)20)17(11)21/h1-3,6-7,18,21H,4-5H2,(H,19,20). The van der Waals surface area contributed by atoms with E-state index in [-0.39, 0.29) is 12.3 Å². The van der Waals surface area contributed by atoms with Crippen LogP contribution >= 0.6 is 0 Å². The first-order chi connectivity index (χ1) is 10.1. The minimum absolute atomic E-state index is 0.0287. The Hall–Kier alpha value is -2.87. The van der Waals surface area contributed by atoms with E-state index in [1.165, 1.54) is 10.7 Å². The summed E-state index contributed by atoms with van der Waals surface area (Å²) in [6.07, 6.45) is 2.04. The number of nitrogens with zero attached hydrogens (tertiary/aromatic N) is 4. The summed E-state index contributed by atoms with van der Waals surface area (Å²) in [5.41, 5.74) is 1.35. The topological polar surface area (TPSA) is 113 Å². The maximum absolute atomic E-state index is 11.1. The number of aromatic nitrogens is 4. The molecule has 0 saturated heterocycles. The summed E-state index contributed by atoms with van der Waals surface area (Å²) >= 11 is 0. The van der Waals surface area contributed by atoms with Crippen molar-refractivity contribution >= 4 is 16.9 Å². The Balaban J connectivity index is 2.18. The smallest absolute Gasteiger partial charge is 0.356 e. The van der Waals surface area contributed by atoms with E-state index in [9.17, 15) is 10.0 Å². The second kappa shape index (κ2) is 4.91. The van der Waals surface area contributed by atoms with Crippen LogP contribution in [-0.4, -0.2) is 47.7 Å². The van der Waals surface area contributed by atoms with Gasteiger partial charge in [-0.15, -0.1) is 5.10 Å². The van der Waals surface area contributed by atoms with Gasteiger partial charge >= 0.3 is 5.97 Å². The van der Waals surface area contributed by atoms with Gasteiger partial charge in [-0.05, 0) is 18.2 Å².